The fourth-order valence-electron chi connectivity index (χ4n) is 2.71. The molecule has 1 heterocycles. The van der Waals surface area contributed by atoms with Crippen molar-refractivity contribution < 1.29 is 0 Å². The summed E-state index contributed by atoms with van der Waals surface area (Å²) >= 11 is 3.56. The molecule has 0 amide bonds. The van der Waals surface area contributed by atoms with Gasteiger partial charge in [0, 0.05) is 28.6 Å². The maximum Gasteiger partial charge on any atom is 0.116 e. The lowest BCUT2D eigenvalue weighted by molar-refractivity contribution is 0.863. The normalized spacial score (nSPS) is 13.2. The highest BCUT2D eigenvalue weighted by Crippen LogP contribution is 2.43. The zero-order valence-corrected chi connectivity index (χ0v) is 17.2. The van der Waals surface area contributed by atoms with Crippen molar-refractivity contribution in [2.45, 2.75) is 34.6 Å². The minimum absolute atomic E-state index is 0.259. The van der Waals surface area contributed by atoms with Gasteiger partial charge in [-0.1, -0.05) is 52.0 Å². The van der Waals surface area contributed by atoms with Crippen molar-refractivity contribution in [1.29, 1.82) is 0 Å². The van der Waals surface area contributed by atoms with Crippen LogP contribution in [0.2, 0.25) is 0 Å². The molecule has 2 aromatic carbocycles. The Hall–Kier alpha value is -2.07. The van der Waals surface area contributed by atoms with E-state index in [1.807, 2.05) is 26.0 Å². The number of fused-ring (bicyclic) bond motifs is 1. The molecule has 0 saturated carbocycles. The lowest BCUT2D eigenvalue weighted by Gasteiger charge is -2.34. The zero-order chi connectivity index (χ0) is 18.7. The van der Waals surface area contributed by atoms with Gasteiger partial charge in [-0.15, -0.1) is 0 Å². The molecule has 0 bridgehead atoms. The van der Waals surface area contributed by atoms with E-state index in [-0.39, 0.29) is 5.92 Å². The third-order valence-corrected chi connectivity index (χ3v) is 4.82. The molecular formula is C21H26BrN3. The molecule has 1 aliphatic rings. The van der Waals surface area contributed by atoms with Crippen molar-refractivity contribution in [1.82, 2.24) is 0 Å². The van der Waals surface area contributed by atoms with Gasteiger partial charge in [0.05, 0.1) is 10.2 Å². The van der Waals surface area contributed by atoms with Gasteiger partial charge >= 0.3 is 0 Å². The highest BCUT2D eigenvalue weighted by molar-refractivity contribution is 9.10. The Morgan fingerprint density at radius 2 is 1.68 bits per heavy atom. The third kappa shape index (κ3) is 3.64. The molecule has 3 nitrogen and oxygen atoms in total. The summed E-state index contributed by atoms with van der Waals surface area (Å²) in [5.41, 5.74) is 11.8. The second-order valence-electron chi connectivity index (χ2n) is 6.11. The largest absolute Gasteiger partial charge is 0.398 e. The predicted octanol–water partition coefficient (Wildman–Crippen LogP) is 6.54. The van der Waals surface area contributed by atoms with Gasteiger partial charge in [0.2, 0.25) is 0 Å². The molecule has 0 fully saturated rings. The van der Waals surface area contributed by atoms with Crippen LogP contribution in [0.3, 0.4) is 0 Å². The number of nitrogens with two attached hydrogens (primary N) is 1. The Bertz CT molecular complexity index is 805. The van der Waals surface area contributed by atoms with Crippen molar-refractivity contribution in [3.63, 3.8) is 0 Å². The second-order valence-corrected chi connectivity index (χ2v) is 6.90. The molecular weight excluding hydrogens is 374 g/mol. The van der Waals surface area contributed by atoms with Crippen LogP contribution in [-0.2, 0) is 0 Å². The van der Waals surface area contributed by atoms with E-state index >= 15 is 0 Å². The van der Waals surface area contributed by atoms with Crippen molar-refractivity contribution in [3.8, 4) is 0 Å². The van der Waals surface area contributed by atoms with Gasteiger partial charge in [0.15, 0.2) is 0 Å². The molecule has 0 unspecified atom stereocenters. The van der Waals surface area contributed by atoms with Gasteiger partial charge in [-0.3, -0.25) is 4.90 Å². The molecule has 25 heavy (non-hydrogen) atoms. The fraction of sp³-hybridized carbons (Fsp3) is 0.286. The molecule has 0 saturated heterocycles. The van der Waals surface area contributed by atoms with E-state index in [4.69, 9.17) is 10.7 Å². The maximum absolute atomic E-state index is 6.01. The fourth-order valence-corrected chi connectivity index (χ4v) is 3.15. The number of rotatable bonds is 2. The quantitative estimate of drug-likeness (QED) is 0.582. The SMILES string of the molecule is C=C1c2ccc(N)c(Br)c2N=C(C(C)C)N1c1ccc(C)cc1.CC. The van der Waals surface area contributed by atoms with E-state index in [0.29, 0.717) is 5.69 Å². The third-order valence-electron chi connectivity index (χ3n) is 3.99. The Morgan fingerprint density at radius 1 is 1.08 bits per heavy atom. The molecule has 0 aliphatic carbocycles. The van der Waals surface area contributed by atoms with Crippen molar-refractivity contribution in [2.75, 3.05) is 10.6 Å². The van der Waals surface area contributed by atoms with Gasteiger partial charge in [-0.05, 0) is 47.1 Å². The molecule has 0 atom stereocenters. The summed E-state index contributed by atoms with van der Waals surface area (Å²) in [4.78, 5) is 7.02. The first kappa shape index (κ1) is 19.3. The van der Waals surface area contributed by atoms with E-state index in [2.05, 4.69) is 72.4 Å². The summed E-state index contributed by atoms with van der Waals surface area (Å²) in [6, 6.07) is 12.3. The van der Waals surface area contributed by atoms with Gasteiger partial charge in [-0.2, -0.15) is 0 Å². The van der Waals surface area contributed by atoms with Crippen LogP contribution in [0.25, 0.3) is 5.70 Å². The number of anilines is 2. The van der Waals surface area contributed by atoms with Crippen LogP contribution in [0.5, 0.6) is 0 Å². The number of aryl methyl sites for hydroxylation is 1. The Labute approximate surface area is 159 Å². The minimum atomic E-state index is 0.259. The Morgan fingerprint density at radius 3 is 2.24 bits per heavy atom. The molecule has 0 radical (unpaired) electrons. The monoisotopic (exact) mass is 399 g/mol. The van der Waals surface area contributed by atoms with Crippen LogP contribution < -0.4 is 10.6 Å². The van der Waals surface area contributed by atoms with Crippen LogP contribution in [0.4, 0.5) is 17.1 Å². The van der Waals surface area contributed by atoms with E-state index in [9.17, 15) is 0 Å². The number of hydrogen-bond acceptors (Lipinski definition) is 3. The van der Waals surface area contributed by atoms with Gasteiger partial charge in [0.25, 0.3) is 0 Å². The van der Waals surface area contributed by atoms with Crippen LogP contribution in [0.1, 0.15) is 38.8 Å². The Balaban J connectivity index is 0.00000109. The molecule has 0 spiro atoms. The average molecular weight is 400 g/mol. The summed E-state index contributed by atoms with van der Waals surface area (Å²) in [6.07, 6.45) is 0. The first-order valence-electron chi connectivity index (χ1n) is 8.62. The summed E-state index contributed by atoms with van der Waals surface area (Å²) in [6.45, 7) is 14.7. The van der Waals surface area contributed by atoms with Crippen LogP contribution in [0, 0.1) is 12.8 Å². The van der Waals surface area contributed by atoms with E-state index in [1.165, 1.54) is 5.56 Å². The standard InChI is InChI=1S/C19H20BrN3.C2H6/c1-11(2)19-22-18-15(9-10-16(21)17(18)20)13(4)23(19)14-7-5-12(3)6-8-14;1-2/h5-11H,4,21H2,1-3H3;1-2H3. The lowest BCUT2D eigenvalue weighted by atomic mass is 10.0. The summed E-state index contributed by atoms with van der Waals surface area (Å²) in [5, 5.41) is 0. The van der Waals surface area contributed by atoms with Gasteiger partial charge in [-0.25, -0.2) is 4.99 Å². The van der Waals surface area contributed by atoms with Gasteiger partial charge in [0.1, 0.15) is 5.84 Å². The van der Waals surface area contributed by atoms with Crippen LogP contribution in [0.15, 0.2) is 52.4 Å². The highest BCUT2D eigenvalue weighted by atomic mass is 79.9. The number of hydrogen-bond donors (Lipinski definition) is 1. The molecule has 2 N–H and O–H groups in total. The summed E-state index contributed by atoms with van der Waals surface area (Å²) < 4.78 is 0.831. The van der Waals surface area contributed by atoms with E-state index in [0.717, 1.165) is 32.9 Å². The summed E-state index contributed by atoms with van der Waals surface area (Å²) in [7, 11) is 0. The molecule has 2 aromatic rings. The number of nitrogens with zero attached hydrogens (tertiary/aromatic N) is 2. The van der Waals surface area contributed by atoms with Gasteiger partial charge < -0.3 is 5.73 Å². The van der Waals surface area contributed by atoms with Crippen molar-refractivity contribution >= 4 is 44.5 Å². The number of benzene rings is 2. The average Bonchev–Trinajstić information content (AvgIpc) is 2.61. The minimum Gasteiger partial charge on any atom is -0.398 e. The number of amidine groups is 1. The van der Waals surface area contributed by atoms with Crippen molar-refractivity contribution in [3.05, 3.63) is 58.6 Å². The lowest BCUT2D eigenvalue weighted by Crippen LogP contribution is -2.35. The molecule has 1 aliphatic heterocycles. The maximum atomic E-state index is 6.01. The smallest absolute Gasteiger partial charge is 0.116 e. The van der Waals surface area contributed by atoms with E-state index < -0.39 is 0 Å². The number of halogens is 1. The Kier molecular flexibility index (Phi) is 6.07. The first-order chi connectivity index (χ1) is 11.9. The van der Waals surface area contributed by atoms with Crippen molar-refractivity contribution in [2.24, 2.45) is 10.9 Å². The highest BCUT2D eigenvalue weighted by Gasteiger charge is 2.28. The topological polar surface area (TPSA) is 41.6 Å². The van der Waals surface area contributed by atoms with Crippen LogP contribution >= 0.6 is 15.9 Å². The summed E-state index contributed by atoms with van der Waals surface area (Å²) in [5.74, 6) is 1.23. The zero-order valence-electron chi connectivity index (χ0n) is 15.6. The van der Waals surface area contributed by atoms with Crippen LogP contribution in [-0.4, -0.2) is 5.84 Å². The van der Waals surface area contributed by atoms with E-state index in [1.54, 1.807) is 0 Å². The molecule has 0 aromatic heterocycles. The number of nitrogen functional groups attached to an aromatic ring is 1. The first-order valence-corrected chi connectivity index (χ1v) is 9.42. The second kappa shape index (κ2) is 7.87. The molecule has 3 rings (SSSR count). The number of aliphatic imine (C=N–C) groups is 1. The predicted molar refractivity (Wildman–Crippen MR) is 115 cm³/mol. The molecule has 132 valence electrons. The molecule has 4 heteroatoms.